The van der Waals surface area contributed by atoms with Gasteiger partial charge in [0, 0.05) is 36.7 Å². The van der Waals surface area contributed by atoms with Crippen molar-refractivity contribution in [3.63, 3.8) is 0 Å². The Balaban J connectivity index is 1.19. The molecule has 6 nitrogen and oxygen atoms in total. The number of aromatic nitrogens is 2. The first-order chi connectivity index (χ1) is 16.7. The van der Waals surface area contributed by atoms with E-state index in [4.69, 9.17) is 4.74 Å². The third-order valence-corrected chi connectivity index (χ3v) is 5.92. The van der Waals surface area contributed by atoms with Crippen LogP contribution < -0.4 is 15.0 Å². The van der Waals surface area contributed by atoms with Gasteiger partial charge in [-0.2, -0.15) is 0 Å². The first-order valence-corrected chi connectivity index (χ1v) is 11.5. The van der Waals surface area contributed by atoms with Crippen molar-refractivity contribution in [2.75, 3.05) is 23.3 Å². The Morgan fingerprint density at radius 2 is 1.47 bits per heavy atom. The van der Waals surface area contributed by atoms with Crippen molar-refractivity contribution in [2.45, 2.75) is 12.8 Å². The molecule has 0 radical (unpaired) electrons. The molecule has 3 aromatic carbocycles. The minimum Gasteiger partial charge on any atom is -0.457 e. The molecule has 5 rings (SSSR count). The number of nitrogens with one attached hydrogen (secondary N) is 1. The highest BCUT2D eigenvalue weighted by Gasteiger charge is 2.27. The molecule has 170 valence electrons. The number of anilines is 2. The van der Waals surface area contributed by atoms with Crippen molar-refractivity contribution in [1.82, 2.24) is 9.97 Å². The maximum atomic E-state index is 12.9. The first kappa shape index (κ1) is 21.6. The van der Waals surface area contributed by atoms with Crippen LogP contribution in [0.2, 0.25) is 0 Å². The van der Waals surface area contributed by atoms with E-state index in [1.807, 2.05) is 97.3 Å². The van der Waals surface area contributed by atoms with E-state index >= 15 is 0 Å². The fourth-order valence-corrected chi connectivity index (χ4v) is 4.11. The largest absolute Gasteiger partial charge is 0.457 e. The summed E-state index contributed by atoms with van der Waals surface area (Å²) in [5.74, 6) is 2.07. The fourth-order valence-electron chi connectivity index (χ4n) is 4.11. The van der Waals surface area contributed by atoms with Crippen LogP contribution in [-0.2, 0) is 4.79 Å². The standard InChI is InChI=1S/C28H26N4O2/c33-27(31-24-13-15-26(16-14-24)34-25-11-5-2-6-12-25)22-10-7-17-32(20-22)28-29-18-23(19-30-28)21-8-3-1-4-9-21/h1-6,8-9,11-16,18-19,22H,7,10,17,20H2,(H,31,33). The predicted molar refractivity (Wildman–Crippen MR) is 134 cm³/mol. The van der Waals surface area contributed by atoms with E-state index in [2.05, 4.69) is 20.2 Å². The molecule has 0 saturated carbocycles. The van der Waals surface area contributed by atoms with Crippen LogP contribution in [-0.4, -0.2) is 29.0 Å². The van der Waals surface area contributed by atoms with Gasteiger partial charge in [-0.3, -0.25) is 4.79 Å². The molecule has 0 spiro atoms. The van der Waals surface area contributed by atoms with E-state index in [-0.39, 0.29) is 11.8 Å². The topological polar surface area (TPSA) is 67.3 Å². The summed E-state index contributed by atoms with van der Waals surface area (Å²) < 4.78 is 5.82. The second kappa shape index (κ2) is 10.2. The Kier molecular flexibility index (Phi) is 6.47. The molecule has 6 heteroatoms. The van der Waals surface area contributed by atoms with Gasteiger partial charge in [-0.15, -0.1) is 0 Å². The van der Waals surface area contributed by atoms with Gasteiger partial charge in [0.1, 0.15) is 11.5 Å². The van der Waals surface area contributed by atoms with Gasteiger partial charge in [-0.25, -0.2) is 9.97 Å². The molecule has 1 atom stereocenters. The van der Waals surface area contributed by atoms with E-state index in [0.717, 1.165) is 47.7 Å². The summed E-state index contributed by atoms with van der Waals surface area (Å²) in [6.07, 6.45) is 5.46. The van der Waals surface area contributed by atoms with Gasteiger partial charge >= 0.3 is 0 Å². The summed E-state index contributed by atoms with van der Waals surface area (Å²) in [6, 6.07) is 27.1. The van der Waals surface area contributed by atoms with Crippen LogP contribution in [0.15, 0.2) is 97.3 Å². The number of nitrogens with zero attached hydrogens (tertiary/aromatic N) is 3. The zero-order valence-corrected chi connectivity index (χ0v) is 18.8. The van der Waals surface area contributed by atoms with E-state index in [0.29, 0.717) is 12.5 Å². The number of ether oxygens (including phenoxy) is 1. The quantitative estimate of drug-likeness (QED) is 0.403. The Bertz CT molecular complexity index is 1210. The monoisotopic (exact) mass is 450 g/mol. The molecule has 1 aliphatic rings. The lowest BCUT2D eigenvalue weighted by Gasteiger charge is -2.32. The summed E-state index contributed by atoms with van der Waals surface area (Å²) in [4.78, 5) is 24.2. The number of para-hydroxylation sites is 1. The molecule has 1 unspecified atom stereocenters. The summed E-state index contributed by atoms with van der Waals surface area (Å²) in [5.41, 5.74) is 2.83. The van der Waals surface area contributed by atoms with Crippen molar-refractivity contribution in [2.24, 2.45) is 5.92 Å². The molecule has 1 amide bonds. The van der Waals surface area contributed by atoms with Gasteiger partial charge in [0.15, 0.2) is 0 Å². The van der Waals surface area contributed by atoms with E-state index in [9.17, 15) is 4.79 Å². The third kappa shape index (κ3) is 5.23. The van der Waals surface area contributed by atoms with Gasteiger partial charge in [-0.1, -0.05) is 48.5 Å². The van der Waals surface area contributed by atoms with Crippen molar-refractivity contribution in [3.05, 3.63) is 97.3 Å². The van der Waals surface area contributed by atoms with Crippen LogP contribution in [0.4, 0.5) is 11.6 Å². The lowest BCUT2D eigenvalue weighted by Crippen LogP contribution is -2.41. The lowest BCUT2D eigenvalue weighted by atomic mass is 9.97. The smallest absolute Gasteiger partial charge is 0.229 e. The van der Waals surface area contributed by atoms with Crippen molar-refractivity contribution < 1.29 is 9.53 Å². The summed E-state index contributed by atoms with van der Waals surface area (Å²) in [6.45, 7) is 1.45. The summed E-state index contributed by atoms with van der Waals surface area (Å²) in [7, 11) is 0. The number of rotatable bonds is 6. The third-order valence-electron chi connectivity index (χ3n) is 5.92. The Morgan fingerprint density at radius 1 is 0.824 bits per heavy atom. The number of carbonyl (C=O) groups excluding carboxylic acids is 1. The molecule has 0 aliphatic carbocycles. The molecular weight excluding hydrogens is 424 g/mol. The van der Waals surface area contributed by atoms with Gasteiger partial charge in [-0.05, 0) is 54.8 Å². The van der Waals surface area contributed by atoms with Crippen LogP contribution in [0.25, 0.3) is 11.1 Å². The molecule has 1 N–H and O–H groups in total. The molecule has 34 heavy (non-hydrogen) atoms. The van der Waals surface area contributed by atoms with Gasteiger partial charge in [0.2, 0.25) is 11.9 Å². The fraction of sp³-hybridized carbons (Fsp3) is 0.179. The van der Waals surface area contributed by atoms with Crippen LogP contribution in [0.3, 0.4) is 0 Å². The molecule has 2 heterocycles. The molecule has 4 aromatic rings. The average Bonchev–Trinajstić information content (AvgIpc) is 2.91. The Hall–Kier alpha value is -4.19. The zero-order valence-electron chi connectivity index (χ0n) is 18.8. The van der Waals surface area contributed by atoms with Gasteiger partial charge in [0.05, 0.1) is 5.92 Å². The van der Waals surface area contributed by atoms with Crippen LogP contribution in [0, 0.1) is 5.92 Å². The summed E-state index contributed by atoms with van der Waals surface area (Å²) in [5, 5.41) is 3.04. The highest BCUT2D eigenvalue weighted by atomic mass is 16.5. The Labute approximate surface area is 199 Å². The minimum absolute atomic E-state index is 0.0160. The SMILES string of the molecule is O=C(Nc1ccc(Oc2ccccc2)cc1)C1CCCN(c2ncc(-c3ccccc3)cn2)C1. The summed E-state index contributed by atoms with van der Waals surface area (Å²) >= 11 is 0. The van der Waals surface area contributed by atoms with E-state index in [1.165, 1.54) is 0 Å². The highest BCUT2D eigenvalue weighted by Crippen LogP contribution is 2.25. The van der Waals surface area contributed by atoms with Crippen LogP contribution >= 0.6 is 0 Å². The van der Waals surface area contributed by atoms with Gasteiger partial charge < -0.3 is 15.0 Å². The average molecular weight is 451 g/mol. The number of piperidine rings is 1. The normalized spacial score (nSPS) is 15.5. The minimum atomic E-state index is -0.119. The zero-order chi connectivity index (χ0) is 23.2. The number of carbonyl (C=O) groups is 1. The highest BCUT2D eigenvalue weighted by molar-refractivity contribution is 5.93. The van der Waals surface area contributed by atoms with E-state index < -0.39 is 0 Å². The first-order valence-electron chi connectivity index (χ1n) is 11.5. The molecule has 1 saturated heterocycles. The number of benzene rings is 3. The maximum absolute atomic E-state index is 12.9. The van der Waals surface area contributed by atoms with Gasteiger partial charge in [0.25, 0.3) is 0 Å². The molecule has 0 bridgehead atoms. The van der Waals surface area contributed by atoms with Crippen molar-refractivity contribution in [3.8, 4) is 22.6 Å². The Morgan fingerprint density at radius 3 is 2.18 bits per heavy atom. The molecule has 1 aromatic heterocycles. The van der Waals surface area contributed by atoms with E-state index in [1.54, 1.807) is 0 Å². The second-order valence-electron chi connectivity index (χ2n) is 8.35. The molecule has 1 fully saturated rings. The lowest BCUT2D eigenvalue weighted by molar-refractivity contribution is -0.120. The second-order valence-corrected chi connectivity index (χ2v) is 8.35. The van der Waals surface area contributed by atoms with Crippen molar-refractivity contribution >= 4 is 17.5 Å². The predicted octanol–water partition coefficient (Wildman–Crippen LogP) is 5.79. The van der Waals surface area contributed by atoms with Crippen molar-refractivity contribution in [1.29, 1.82) is 0 Å². The number of hydrogen-bond donors (Lipinski definition) is 1. The maximum Gasteiger partial charge on any atom is 0.229 e. The molecule has 1 aliphatic heterocycles. The van der Waals surface area contributed by atoms with Crippen LogP contribution in [0.1, 0.15) is 12.8 Å². The number of hydrogen-bond acceptors (Lipinski definition) is 5. The number of amides is 1. The molecular formula is C28H26N4O2. The van der Waals surface area contributed by atoms with Crippen LogP contribution in [0.5, 0.6) is 11.5 Å².